The first-order valence-corrected chi connectivity index (χ1v) is 8.50. The number of rotatable bonds is 3. The third-order valence-electron chi connectivity index (χ3n) is 4.98. The molecule has 1 aliphatic heterocycles. The van der Waals surface area contributed by atoms with E-state index in [1.807, 2.05) is 33.7 Å². The molecule has 0 bridgehead atoms. The fourth-order valence-corrected chi connectivity index (χ4v) is 3.79. The van der Waals surface area contributed by atoms with Crippen molar-refractivity contribution in [3.05, 3.63) is 36.0 Å². The maximum Gasteiger partial charge on any atom is 0.340 e. The van der Waals surface area contributed by atoms with Crippen LogP contribution >= 0.6 is 0 Å². The third kappa shape index (κ3) is 2.90. The molecule has 1 fully saturated rings. The zero-order chi connectivity index (χ0) is 17.3. The van der Waals surface area contributed by atoms with Crippen molar-refractivity contribution in [3.8, 4) is 0 Å². The van der Waals surface area contributed by atoms with Gasteiger partial charge in [-0.2, -0.15) is 0 Å². The number of benzene rings is 1. The van der Waals surface area contributed by atoms with E-state index in [-0.39, 0.29) is 30.5 Å². The Hall–Kier alpha value is -2.30. The summed E-state index contributed by atoms with van der Waals surface area (Å²) in [6.07, 6.45) is 5.00. The van der Waals surface area contributed by atoms with E-state index in [1.54, 1.807) is 6.20 Å². The van der Waals surface area contributed by atoms with Crippen LogP contribution in [0.25, 0.3) is 10.9 Å². The number of fused-ring (bicyclic) bond motifs is 1. The molecular weight excluding hydrogens is 304 g/mol. The Balaban J connectivity index is 1.92. The van der Waals surface area contributed by atoms with Crippen LogP contribution < -0.4 is 0 Å². The van der Waals surface area contributed by atoms with Crippen LogP contribution in [0.3, 0.4) is 0 Å². The van der Waals surface area contributed by atoms with Gasteiger partial charge in [0.15, 0.2) is 0 Å². The first-order chi connectivity index (χ1) is 11.5. The molecule has 5 nitrogen and oxygen atoms in total. The molecule has 0 N–H and O–H groups in total. The second kappa shape index (κ2) is 6.67. The molecule has 128 valence electrons. The average Bonchev–Trinajstić information content (AvgIpc) is 2.93. The van der Waals surface area contributed by atoms with E-state index in [2.05, 4.69) is 13.8 Å². The highest BCUT2D eigenvalue weighted by Gasteiger charge is 2.29. The molecule has 1 amide bonds. The monoisotopic (exact) mass is 328 g/mol. The molecule has 2 heterocycles. The number of carbonyl (C=O) groups excluding carboxylic acids is 2. The standard InChI is InChI=1S/C19H24N2O3/c1-13-7-6-8-14(2)21(13)18(22)12-20-11-16(19(23)24-3)15-9-4-5-10-17(15)20/h4-5,9-11,13-14H,6-8,12H2,1-3H3/t13-,14+. The van der Waals surface area contributed by atoms with Gasteiger partial charge in [-0.3, -0.25) is 4.79 Å². The summed E-state index contributed by atoms with van der Waals surface area (Å²) in [5.74, 6) is -0.274. The second-order valence-electron chi connectivity index (χ2n) is 6.61. The van der Waals surface area contributed by atoms with Crippen molar-refractivity contribution in [2.45, 2.75) is 51.7 Å². The molecule has 0 unspecified atom stereocenters. The number of aromatic nitrogens is 1. The predicted molar refractivity (Wildman–Crippen MR) is 92.9 cm³/mol. The van der Waals surface area contributed by atoms with Gasteiger partial charge in [-0.05, 0) is 39.2 Å². The van der Waals surface area contributed by atoms with Crippen molar-refractivity contribution >= 4 is 22.8 Å². The summed E-state index contributed by atoms with van der Waals surface area (Å²) in [6.45, 7) is 4.47. The maximum atomic E-state index is 12.9. The molecule has 0 saturated carbocycles. The molecule has 0 aliphatic carbocycles. The summed E-state index contributed by atoms with van der Waals surface area (Å²) in [5, 5.41) is 0.817. The maximum absolute atomic E-state index is 12.9. The van der Waals surface area contributed by atoms with Crippen molar-refractivity contribution in [2.75, 3.05) is 7.11 Å². The van der Waals surface area contributed by atoms with E-state index in [0.717, 1.165) is 23.7 Å². The van der Waals surface area contributed by atoms with E-state index in [1.165, 1.54) is 13.5 Å². The lowest BCUT2D eigenvalue weighted by Gasteiger charge is -2.39. The summed E-state index contributed by atoms with van der Waals surface area (Å²) in [5.41, 5.74) is 1.38. The van der Waals surface area contributed by atoms with Gasteiger partial charge in [0.2, 0.25) is 5.91 Å². The third-order valence-corrected chi connectivity index (χ3v) is 4.98. The summed E-state index contributed by atoms with van der Waals surface area (Å²) in [7, 11) is 1.37. The van der Waals surface area contributed by atoms with Crippen LogP contribution in [0.15, 0.2) is 30.5 Å². The molecule has 3 rings (SSSR count). The van der Waals surface area contributed by atoms with Crippen molar-refractivity contribution < 1.29 is 14.3 Å². The molecule has 1 aromatic heterocycles. The van der Waals surface area contributed by atoms with E-state index in [9.17, 15) is 9.59 Å². The Morgan fingerprint density at radius 2 is 1.83 bits per heavy atom. The predicted octanol–water partition coefficient (Wildman–Crippen LogP) is 3.22. The number of hydrogen-bond donors (Lipinski definition) is 0. The van der Waals surface area contributed by atoms with E-state index in [4.69, 9.17) is 4.74 Å². The lowest BCUT2D eigenvalue weighted by Crippen LogP contribution is -2.48. The molecular formula is C19H24N2O3. The Morgan fingerprint density at radius 1 is 1.17 bits per heavy atom. The number of ether oxygens (including phenoxy) is 1. The van der Waals surface area contributed by atoms with E-state index < -0.39 is 0 Å². The summed E-state index contributed by atoms with van der Waals surface area (Å²) in [6, 6.07) is 8.14. The lowest BCUT2D eigenvalue weighted by atomic mass is 9.97. The van der Waals surface area contributed by atoms with E-state index in [0.29, 0.717) is 5.56 Å². The Labute approximate surface area is 142 Å². The first-order valence-electron chi connectivity index (χ1n) is 8.50. The van der Waals surface area contributed by atoms with Crippen molar-refractivity contribution in [3.63, 3.8) is 0 Å². The van der Waals surface area contributed by atoms with Gasteiger partial charge in [0.1, 0.15) is 6.54 Å². The molecule has 2 atom stereocenters. The molecule has 5 heteroatoms. The molecule has 0 radical (unpaired) electrons. The molecule has 1 saturated heterocycles. The van der Waals surface area contributed by atoms with Crippen LogP contribution in [-0.2, 0) is 16.1 Å². The summed E-state index contributed by atoms with van der Waals surface area (Å²) < 4.78 is 6.72. The Kier molecular flexibility index (Phi) is 4.60. The minimum absolute atomic E-state index is 0.104. The summed E-state index contributed by atoms with van der Waals surface area (Å²) in [4.78, 5) is 26.9. The lowest BCUT2D eigenvalue weighted by molar-refractivity contribution is -0.137. The zero-order valence-corrected chi connectivity index (χ0v) is 14.5. The van der Waals surface area contributed by atoms with Gasteiger partial charge < -0.3 is 14.2 Å². The number of amides is 1. The minimum Gasteiger partial charge on any atom is -0.465 e. The van der Waals surface area contributed by atoms with Gasteiger partial charge in [0.25, 0.3) is 0 Å². The van der Waals surface area contributed by atoms with Gasteiger partial charge in [0, 0.05) is 29.2 Å². The fourth-order valence-electron chi connectivity index (χ4n) is 3.79. The Morgan fingerprint density at radius 3 is 2.50 bits per heavy atom. The van der Waals surface area contributed by atoms with Crippen LogP contribution in [-0.4, -0.2) is 40.5 Å². The average molecular weight is 328 g/mol. The fraction of sp³-hybridized carbons (Fsp3) is 0.474. The number of likely N-dealkylation sites (tertiary alicyclic amines) is 1. The quantitative estimate of drug-likeness (QED) is 0.813. The highest BCUT2D eigenvalue weighted by molar-refractivity contribution is 6.04. The minimum atomic E-state index is -0.378. The van der Waals surface area contributed by atoms with Crippen LogP contribution in [0.1, 0.15) is 43.5 Å². The van der Waals surface area contributed by atoms with Crippen molar-refractivity contribution in [2.24, 2.45) is 0 Å². The van der Waals surface area contributed by atoms with Gasteiger partial charge in [-0.25, -0.2) is 4.79 Å². The van der Waals surface area contributed by atoms with Crippen LogP contribution in [0.4, 0.5) is 0 Å². The number of esters is 1. The number of para-hydroxylation sites is 1. The number of nitrogens with zero attached hydrogens (tertiary/aromatic N) is 2. The normalized spacial score (nSPS) is 21.0. The number of carbonyl (C=O) groups is 2. The zero-order valence-electron chi connectivity index (χ0n) is 14.5. The molecule has 1 aromatic carbocycles. The van der Waals surface area contributed by atoms with Gasteiger partial charge in [-0.15, -0.1) is 0 Å². The van der Waals surface area contributed by atoms with Crippen LogP contribution in [0.5, 0.6) is 0 Å². The van der Waals surface area contributed by atoms with Crippen LogP contribution in [0, 0.1) is 0 Å². The SMILES string of the molecule is COC(=O)c1cn(CC(=O)N2[C@H](C)CCC[C@@H]2C)c2ccccc12. The number of piperidine rings is 1. The highest BCUT2D eigenvalue weighted by atomic mass is 16.5. The number of methoxy groups -OCH3 is 1. The molecule has 0 spiro atoms. The smallest absolute Gasteiger partial charge is 0.340 e. The van der Waals surface area contributed by atoms with Crippen molar-refractivity contribution in [1.82, 2.24) is 9.47 Å². The highest BCUT2D eigenvalue weighted by Crippen LogP contribution is 2.25. The number of hydrogen-bond acceptors (Lipinski definition) is 3. The largest absolute Gasteiger partial charge is 0.465 e. The van der Waals surface area contributed by atoms with Gasteiger partial charge in [0.05, 0.1) is 12.7 Å². The Bertz CT molecular complexity index is 755. The van der Waals surface area contributed by atoms with Crippen LogP contribution in [0.2, 0.25) is 0 Å². The molecule has 1 aliphatic rings. The van der Waals surface area contributed by atoms with Gasteiger partial charge in [-0.1, -0.05) is 18.2 Å². The van der Waals surface area contributed by atoms with Crippen molar-refractivity contribution in [1.29, 1.82) is 0 Å². The van der Waals surface area contributed by atoms with Gasteiger partial charge >= 0.3 is 5.97 Å². The molecule has 2 aromatic rings. The first kappa shape index (κ1) is 16.6. The molecule has 24 heavy (non-hydrogen) atoms. The second-order valence-corrected chi connectivity index (χ2v) is 6.61. The summed E-state index contributed by atoms with van der Waals surface area (Å²) >= 11 is 0. The van der Waals surface area contributed by atoms with E-state index >= 15 is 0 Å². The topological polar surface area (TPSA) is 51.5 Å².